The monoisotopic (exact) mass is 301 g/mol. The summed E-state index contributed by atoms with van der Waals surface area (Å²) >= 11 is 1.52. The fraction of sp³-hybridized carbons (Fsp3) is 0.200. The molecule has 0 unspecified atom stereocenters. The lowest BCUT2D eigenvalue weighted by Gasteiger charge is -2.00. The van der Waals surface area contributed by atoms with E-state index in [0.29, 0.717) is 23.8 Å². The van der Waals surface area contributed by atoms with Gasteiger partial charge < -0.3 is 15.0 Å². The predicted octanol–water partition coefficient (Wildman–Crippen LogP) is 3.29. The molecule has 5 nitrogen and oxygen atoms in total. The molecule has 0 aliphatic heterocycles. The average molecular weight is 301 g/mol. The first-order valence-corrected chi connectivity index (χ1v) is 7.35. The van der Waals surface area contributed by atoms with Crippen molar-refractivity contribution in [2.24, 2.45) is 0 Å². The summed E-state index contributed by atoms with van der Waals surface area (Å²) in [5.41, 5.74) is 8.83. The lowest BCUT2D eigenvalue weighted by Crippen LogP contribution is -1.92. The highest BCUT2D eigenvalue weighted by Gasteiger charge is 2.15. The van der Waals surface area contributed by atoms with E-state index < -0.39 is 0 Å². The summed E-state index contributed by atoms with van der Waals surface area (Å²) < 4.78 is 10.4. The molecule has 0 amide bonds. The number of aryl methyl sites for hydroxylation is 1. The molecule has 2 N–H and O–H groups in total. The Morgan fingerprint density at radius 2 is 2.05 bits per heavy atom. The summed E-state index contributed by atoms with van der Waals surface area (Å²) in [6.45, 7) is 1.96. The van der Waals surface area contributed by atoms with Crippen LogP contribution in [0.15, 0.2) is 34.2 Å². The molecule has 0 saturated heterocycles. The molecule has 0 aliphatic carbocycles. The standard InChI is InChI=1S/C15H15N3O2S/c1-9-8-21-14(13(9)16)15-17-12(18-20-15)7-10-3-5-11(19-2)6-4-10/h3-6,8H,7,16H2,1-2H3. The molecule has 0 aliphatic rings. The molecule has 2 heterocycles. The zero-order valence-corrected chi connectivity index (χ0v) is 12.6. The topological polar surface area (TPSA) is 74.2 Å². The number of hydrogen-bond acceptors (Lipinski definition) is 6. The first kappa shape index (κ1) is 13.6. The summed E-state index contributed by atoms with van der Waals surface area (Å²) in [6.07, 6.45) is 0.609. The van der Waals surface area contributed by atoms with Crippen LogP contribution < -0.4 is 10.5 Å². The van der Waals surface area contributed by atoms with Crippen molar-refractivity contribution in [3.8, 4) is 16.5 Å². The molecule has 0 atom stereocenters. The van der Waals surface area contributed by atoms with Crippen LogP contribution in [0.5, 0.6) is 5.75 Å². The largest absolute Gasteiger partial charge is 0.497 e. The van der Waals surface area contributed by atoms with Gasteiger partial charge in [-0.05, 0) is 35.6 Å². The second-order valence-corrected chi connectivity index (χ2v) is 5.58. The van der Waals surface area contributed by atoms with E-state index >= 15 is 0 Å². The number of nitrogen functional groups attached to an aromatic ring is 1. The quantitative estimate of drug-likeness (QED) is 0.800. The van der Waals surface area contributed by atoms with Gasteiger partial charge in [-0.25, -0.2) is 0 Å². The SMILES string of the molecule is COc1ccc(Cc2noc(-c3scc(C)c3N)n2)cc1. The molecule has 3 aromatic rings. The third-order valence-corrected chi connectivity index (χ3v) is 4.31. The summed E-state index contributed by atoms with van der Waals surface area (Å²) in [4.78, 5) is 5.25. The number of nitrogens with zero attached hydrogens (tertiary/aromatic N) is 2. The van der Waals surface area contributed by atoms with Gasteiger partial charge in [0.25, 0.3) is 5.89 Å². The van der Waals surface area contributed by atoms with Crippen molar-refractivity contribution < 1.29 is 9.26 Å². The molecule has 2 aromatic heterocycles. The minimum atomic E-state index is 0.481. The first-order chi connectivity index (χ1) is 10.2. The Morgan fingerprint density at radius 1 is 1.29 bits per heavy atom. The van der Waals surface area contributed by atoms with Crippen molar-refractivity contribution >= 4 is 17.0 Å². The lowest BCUT2D eigenvalue weighted by atomic mass is 10.1. The van der Waals surface area contributed by atoms with E-state index in [9.17, 15) is 0 Å². The molecule has 1 aromatic carbocycles. The molecule has 0 saturated carbocycles. The summed E-state index contributed by atoms with van der Waals surface area (Å²) in [7, 11) is 1.65. The van der Waals surface area contributed by atoms with Crippen molar-refractivity contribution in [2.45, 2.75) is 13.3 Å². The molecular formula is C15H15N3O2S. The maximum absolute atomic E-state index is 6.00. The van der Waals surface area contributed by atoms with E-state index in [1.165, 1.54) is 11.3 Å². The Labute approximate surface area is 126 Å². The normalized spacial score (nSPS) is 10.8. The number of aromatic nitrogens is 2. The van der Waals surface area contributed by atoms with E-state index in [2.05, 4.69) is 10.1 Å². The van der Waals surface area contributed by atoms with E-state index in [1.807, 2.05) is 36.6 Å². The summed E-state index contributed by atoms with van der Waals surface area (Å²) in [5, 5.41) is 6.00. The minimum Gasteiger partial charge on any atom is -0.497 e. The van der Waals surface area contributed by atoms with E-state index in [0.717, 1.165) is 21.8 Å². The molecule has 108 valence electrons. The number of nitrogens with two attached hydrogens (primary N) is 1. The van der Waals surface area contributed by atoms with Gasteiger partial charge >= 0.3 is 0 Å². The number of methoxy groups -OCH3 is 1. The zero-order valence-electron chi connectivity index (χ0n) is 11.8. The Kier molecular flexibility index (Phi) is 3.62. The third-order valence-electron chi connectivity index (χ3n) is 3.21. The van der Waals surface area contributed by atoms with Crippen LogP contribution >= 0.6 is 11.3 Å². The van der Waals surface area contributed by atoms with Crippen LogP contribution in [0.4, 0.5) is 5.69 Å². The van der Waals surface area contributed by atoms with Crippen molar-refractivity contribution in [2.75, 3.05) is 12.8 Å². The van der Waals surface area contributed by atoms with Gasteiger partial charge in [0.15, 0.2) is 5.82 Å². The maximum Gasteiger partial charge on any atom is 0.270 e. The molecular weight excluding hydrogens is 286 g/mol. The Balaban J connectivity index is 1.80. The van der Waals surface area contributed by atoms with Crippen molar-refractivity contribution in [1.29, 1.82) is 0 Å². The fourth-order valence-corrected chi connectivity index (χ4v) is 2.86. The van der Waals surface area contributed by atoms with E-state index in [4.69, 9.17) is 15.0 Å². The van der Waals surface area contributed by atoms with Gasteiger partial charge in [0.05, 0.1) is 12.8 Å². The van der Waals surface area contributed by atoms with Crippen LogP contribution in [-0.2, 0) is 6.42 Å². The van der Waals surface area contributed by atoms with Crippen LogP contribution in [0, 0.1) is 6.92 Å². The second kappa shape index (κ2) is 5.57. The van der Waals surface area contributed by atoms with Gasteiger partial charge in [-0.3, -0.25) is 0 Å². The van der Waals surface area contributed by atoms with Gasteiger partial charge in [0, 0.05) is 6.42 Å². The molecule has 21 heavy (non-hydrogen) atoms. The van der Waals surface area contributed by atoms with Crippen LogP contribution in [0.2, 0.25) is 0 Å². The second-order valence-electron chi connectivity index (χ2n) is 4.70. The Morgan fingerprint density at radius 3 is 2.67 bits per heavy atom. The third kappa shape index (κ3) is 2.75. The van der Waals surface area contributed by atoms with Gasteiger partial charge in [-0.15, -0.1) is 11.3 Å². The number of benzene rings is 1. The first-order valence-electron chi connectivity index (χ1n) is 6.47. The number of ether oxygens (including phenoxy) is 1. The highest BCUT2D eigenvalue weighted by atomic mass is 32.1. The van der Waals surface area contributed by atoms with Gasteiger partial charge in [-0.2, -0.15) is 4.98 Å². The minimum absolute atomic E-state index is 0.481. The number of hydrogen-bond donors (Lipinski definition) is 1. The average Bonchev–Trinajstić information content (AvgIpc) is 3.08. The molecule has 0 spiro atoms. The van der Waals surface area contributed by atoms with Crippen LogP contribution in [0.1, 0.15) is 17.0 Å². The molecule has 0 bridgehead atoms. The van der Waals surface area contributed by atoms with E-state index in [1.54, 1.807) is 7.11 Å². The molecule has 3 rings (SSSR count). The van der Waals surface area contributed by atoms with Gasteiger partial charge in [0.2, 0.25) is 0 Å². The van der Waals surface area contributed by atoms with Crippen molar-refractivity contribution in [3.05, 3.63) is 46.6 Å². The highest BCUT2D eigenvalue weighted by Crippen LogP contribution is 2.33. The Hall–Kier alpha value is -2.34. The van der Waals surface area contributed by atoms with Crippen molar-refractivity contribution in [3.63, 3.8) is 0 Å². The fourth-order valence-electron chi connectivity index (χ4n) is 1.96. The molecule has 6 heteroatoms. The summed E-state index contributed by atoms with van der Waals surface area (Å²) in [5.74, 6) is 1.95. The smallest absolute Gasteiger partial charge is 0.270 e. The van der Waals surface area contributed by atoms with Gasteiger partial charge in [-0.1, -0.05) is 17.3 Å². The Bertz CT molecular complexity index is 747. The maximum atomic E-state index is 6.00. The van der Waals surface area contributed by atoms with Crippen molar-refractivity contribution in [1.82, 2.24) is 10.1 Å². The molecule has 0 fully saturated rings. The lowest BCUT2D eigenvalue weighted by molar-refractivity contribution is 0.414. The highest BCUT2D eigenvalue weighted by molar-refractivity contribution is 7.14. The summed E-state index contributed by atoms with van der Waals surface area (Å²) in [6, 6.07) is 7.80. The van der Waals surface area contributed by atoms with Crippen LogP contribution in [0.3, 0.4) is 0 Å². The van der Waals surface area contributed by atoms with Gasteiger partial charge in [0.1, 0.15) is 10.6 Å². The van der Waals surface area contributed by atoms with Crippen LogP contribution in [-0.4, -0.2) is 17.3 Å². The predicted molar refractivity (Wildman–Crippen MR) is 82.6 cm³/mol. The zero-order chi connectivity index (χ0) is 14.8. The number of rotatable bonds is 4. The number of anilines is 1. The molecule has 0 radical (unpaired) electrons. The van der Waals surface area contributed by atoms with E-state index in [-0.39, 0.29) is 0 Å². The number of thiophene rings is 1. The van der Waals surface area contributed by atoms with Crippen LogP contribution in [0.25, 0.3) is 10.8 Å².